The molecule has 1 spiro atoms. The van der Waals surface area contributed by atoms with Gasteiger partial charge in [0.15, 0.2) is 11.5 Å². The Labute approximate surface area is 168 Å². The number of imide groups is 1. The molecule has 3 heterocycles. The molecule has 1 aliphatic carbocycles. The average Bonchev–Trinajstić information content (AvgIpc) is 3.13. The molecule has 29 heavy (non-hydrogen) atoms. The molecule has 2 aromatic heterocycles. The van der Waals surface area contributed by atoms with Gasteiger partial charge in [-0.2, -0.15) is 0 Å². The van der Waals surface area contributed by atoms with Gasteiger partial charge in [-0.3, -0.25) is 18.9 Å². The van der Waals surface area contributed by atoms with Crippen molar-refractivity contribution in [2.24, 2.45) is 11.3 Å². The number of nitrogens with one attached hydrogen (secondary N) is 2. The third kappa shape index (κ3) is 3.56. The number of amides is 4. The highest BCUT2D eigenvalue weighted by Gasteiger charge is 2.56. The van der Waals surface area contributed by atoms with Crippen molar-refractivity contribution >= 4 is 23.5 Å². The van der Waals surface area contributed by atoms with Gasteiger partial charge in [0.1, 0.15) is 12.1 Å². The fourth-order valence-corrected chi connectivity index (χ4v) is 5.04. The second-order valence-electron chi connectivity index (χ2n) is 9.08. The number of hydrogen-bond acceptors (Lipinski definition) is 5. The summed E-state index contributed by atoms with van der Waals surface area (Å²) < 4.78 is 1.77. The summed E-state index contributed by atoms with van der Waals surface area (Å²) in [5, 5.41) is 13.7. The van der Waals surface area contributed by atoms with Gasteiger partial charge in [0.25, 0.3) is 5.91 Å². The Kier molecular flexibility index (Phi) is 4.55. The lowest BCUT2D eigenvalue weighted by Gasteiger charge is -2.43. The molecule has 9 nitrogen and oxygen atoms in total. The summed E-state index contributed by atoms with van der Waals surface area (Å²) in [6, 6.07) is 5.02. The van der Waals surface area contributed by atoms with Crippen molar-refractivity contribution in [2.75, 3.05) is 6.54 Å². The van der Waals surface area contributed by atoms with Crippen LogP contribution < -0.4 is 10.6 Å². The van der Waals surface area contributed by atoms with E-state index in [-0.39, 0.29) is 24.4 Å². The molecule has 9 heteroatoms. The fourth-order valence-electron chi connectivity index (χ4n) is 5.04. The Bertz CT molecular complexity index is 984. The van der Waals surface area contributed by atoms with Crippen LogP contribution in [0, 0.1) is 11.3 Å². The lowest BCUT2D eigenvalue weighted by atomic mass is 9.64. The molecular formula is C20H26N6O3. The van der Waals surface area contributed by atoms with Crippen molar-refractivity contribution in [1.29, 1.82) is 0 Å². The van der Waals surface area contributed by atoms with Crippen molar-refractivity contribution in [3.05, 3.63) is 30.2 Å². The standard InChI is InChI=1S/C20H26N6O3/c1-13-8-19(2,3)12-20(9-13)17(28)26(18(29)22-20)11-16(27)21-10-15-24-23-14-6-4-5-7-25(14)15/h4-7,13H,8-12H2,1-3H3,(H,21,27)(H,22,29). The third-order valence-corrected chi connectivity index (χ3v) is 5.75. The summed E-state index contributed by atoms with van der Waals surface area (Å²) >= 11 is 0. The van der Waals surface area contributed by atoms with Crippen LogP contribution in [0.1, 0.15) is 45.9 Å². The number of carbonyl (C=O) groups excluding carboxylic acids is 3. The molecular weight excluding hydrogens is 372 g/mol. The second-order valence-corrected chi connectivity index (χ2v) is 9.08. The zero-order valence-electron chi connectivity index (χ0n) is 16.9. The number of pyridine rings is 1. The van der Waals surface area contributed by atoms with Crippen LogP contribution in [0.5, 0.6) is 0 Å². The lowest BCUT2D eigenvalue weighted by Crippen LogP contribution is -2.54. The molecule has 2 aliphatic rings. The normalized spacial score (nSPS) is 26.2. The summed E-state index contributed by atoms with van der Waals surface area (Å²) in [4.78, 5) is 39.1. The van der Waals surface area contributed by atoms with E-state index >= 15 is 0 Å². The van der Waals surface area contributed by atoms with Gasteiger partial charge in [-0.05, 0) is 42.7 Å². The quantitative estimate of drug-likeness (QED) is 0.759. The van der Waals surface area contributed by atoms with Crippen molar-refractivity contribution in [2.45, 2.75) is 52.1 Å². The molecule has 154 valence electrons. The number of aromatic nitrogens is 3. The SMILES string of the molecule is CC1CC(C)(C)CC2(C1)NC(=O)N(CC(=O)NCc1nnc3ccccn13)C2=O. The van der Waals surface area contributed by atoms with Crippen LogP contribution in [0.15, 0.2) is 24.4 Å². The van der Waals surface area contributed by atoms with Gasteiger partial charge in [0, 0.05) is 6.20 Å². The van der Waals surface area contributed by atoms with E-state index in [1.807, 2.05) is 24.4 Å². The highest BCUT2D eigenvalue weighted by Crippen LogP contribution is 2.46. The number of carbonyl (C=O) groups is 3. The minimum atomic E-state index is -0.901. The van der Waals surface area contributed by atoms with E-state index < -0.39 is 17.5 Å². The largest absolute Gasteiger partial charge is 0.347 e. The molecule has 0 aromatic carbocycles. The highest BCUT2D eigenvalue weighted by molar-refractivity contribution is 6.09. The summed E-state index contributed by atoms with van der Waals surface area (Å²) in [6.45, 7) is 6.17. The Morgan fingerprint density at radius 2 is 2.07 bits per heavy atom. The number of nitrogens with zero attached hydrogens (tertiary/aromatic N) is 4. The van der Waals surface area contributed by atoms with Gasteiger partial charge >= 0.3 is 6.03 Å². The lowest BCUT2D eigenvalue weighted by molar-refractivity contribution is -0.137. The predicted molar refractivity (Wildman–Crippen MR) is 105 cm³/mol. The Morgan fingerprint density at radius 1 is 1.28 bits per heavy atom. The van der Waals surface area contributed by atoms with E-state index in [0.29, 0.717) is 30.2 Å². The van der Waals surface area contributed by atoms with Gasteiger partial charge in [-0.25, -0.2) is 4.79 Å². The first-order chi connectivity index (χ1) is 13.7. The highest BCUT2D eigenvalue weighted by atomic mass is 16.2. The molecule has 4 amide bonds. The van der Waals surface area contributed by atoms with Crippen LogP contribution in [0.25, 0.3) is 5.65 Å². The molecule has 2 atom stereocenters. The monoisotopic (exact) mass is 398 g/mol. The summed E-state index contributed by atoms with van der Waals surface area (Å²) in [5.41, 5.74) is -0.267. The predicted octanol–water partition coefficient (Wildman–Crippen LogP) is 1.48. The molecule has 1 aliphatic heterocycles. The zero-order valence-corrected chi connectivity index (χ0v) is 16.9. The molecule has 2 unspecified atom stereocenters. The Balaban J connectivity index is 1.42. The second kappa shape index (κ2) is 6.82. The van der Waals surface area contributed by atoms with Gasteiger partial charge in [0.05, 0.1) is 6.54 Å². The van der Waals surface area contributed by atoms with E-state index in [1.165, 1.54) is 0 Å². The maximum atomic E-state index is 13.1. The first-order valence-corrected chi connectivity index (χ1v) is 9.89. The van der Waals surface area contributed by atoms with Gasteiger partial charge in [0.2, 0.25) is 5.91 Å². The maximum absolute atomic E-state index is 13.1. The van der Waals surface area contributed by atoms with E-state index in [9.17, 15) is 14.4 Å². The molecule has 1 saturated heterocycles. The van der Waals surface area contributed by atoms with E-state index in [1.54, 1.807) is 4.40 Å². The maximum Gasteiger partial charge on any atom is 0.325 e. The molecule has 4 rings (SSSR count). The Morgan fingerprint density at radius 3 is 2.83 bits per heavy atom. The molecule has 0 bridgehead atoms. The Hall–Kier alpha value is -2.97. The summed E-state index contributed by atoms with van der Waals surface area (Å²) in [5.74, 6) is 0.176. The topological polar surface area (TPSA) is 109 Å². The van der Waals surface area contributed by atoms with E-state index in [4.69, 9.17) is 0 Å². The van der Waals surface area contributed by atoms with E-state index in [0.717, 1.165) is 11.3 Å². The van der Waals surface area contributed by atoms with Gasteiger partial charge in [-0.1, -0.05) is 26.8 Å². The third-order valence-electron chi connectivity index (χ3n) is 5.75. The van der Waals surface area contributed by atoms with Crippen LogP contribution in [-0.2, 0) is 16.1 Å². The molecule has 2 fully saturated rings. The number of hydrogen-bond donors (Lipinski definition) is 2. The fraction of sp³-hybridized carbons (Fsp3) is 0.550. The number of urea groups is 1. The average molecular weight is 398 g/mol. The van der Waals surface area contributed by atoms with Gasteiger partial charge < -0.3 is 10.6 Å². The van der Waals surface area contributed by atoms with Crippen LogP contribution in [0.4, 0.5) is 4.79 Å². The van der Waals surface area contributed by atoms with Crippen molar-refractivity contribution in [3.8, 4) is 0 Å². The van der Waals surface area contributed by atoms with Crippen molar-refractivity contribution in [3.63, 3.8) is 0 Å². The van der Waals surface area contributed by atoms with Crippen LogP contribution in [0.3, 0.4) is 0 Å². The first-order valence-electron chi connectivity index (χ1n) is 9.89. The molecule has 1 saturated carbocycles. The summed E-state index contributed by atoms with van der Waals surface area (Å²) in [6.07, 6.45) is 4.00. The number of rotatable bonds is 4. The van der Waals surface area contributed by atoms with Gasteiger partial charge in [-0.15, -0.1) is 10.2 Å². The van der Waals surface area contributed by atoms with Crippen molar-refractivity contribution in [1.82, 2.24) is 30.1 Å². The molecule has 2 N–H and O–H groups in total. The van der Waals surface area contributed by atoms with Crippen LogP contribution in [0.2, 0.25) is 0 Å². The minimum absolute atomic E-state index is 0.0480. The van der Waals surface area contributed by atoms with Crippen molar-refractivity contribution < 1.29 is 14.4 Å². The van der Waals surface area contributed by atoms with Crippen LogP contribution in [-0.4, -0.2) is 49.4 Å². The summed E-state index contributed by atoms with van der Waals surface area (Å²) in [7, 11) is 0. The minimum Gasteiger partial charge on any atom is -0.347 e. The van der Waals surface area contributed by atoms with E-state index in [2.05, 4.69) is 41.6 Å². The smallest absolute Gasteiger partial charge is 0.325 e. The number of fused-ring (bicyclic) bond motifs is 1. The first kappa shape index (κ1) is 19.4. The molecule has 2 aromatic rings. The zero-order chi connectivity index (χ0) is 20.8. The molecule has 0 radical (unpaired) electrons. The van der Waals surface area contributed by atoms with Crippen LogP contribution >= 0.6 is 0 Å².